The van der Waals surface area contributed by atoms with E-state index in [1.807, 2.05) is 30.3 Å². The number of Topliss-reactive ketones (excluding diaryl/α,β-unsaturated/α-hetero) is 1. The number of hydrogen-bond donors (Lipinski definition) is 1. The number of carbonyl (C=O) groups is 1. The van der Waals surface area contributed by atoms with Crippen LogP contribution in [0.25, 0.3) is 0 Å². The van der Waals surface area contributed by atoms with Crippen molar-refractivity contribution in [1.29, 1.82) is 0 Å². The lowest BCUT2D eigenvalue weighted by Crippen LogP contribution is -2.32. The summed E-state index contributed by atoms with van der Waals surface area (Å²) in [7, 11) is 0. The largest absolute Gasteiger partial charge is 0.297 e. The van der Waals surface area contributed by atoms with Gasteiger partial charge in [-0.05, 0) is 30.9 Å². The van der Waals surface area contributed by atoms with E-state index in [1.165, 1.54) is 0 Å². The number of para-hydroxylation sites is 1. The number of anilines is 1. The van der Waals surface area contributed by atoms with Crippen molar-refractivity contribution in [3.8, 4) is 0 Å². The minimum atomic E-state index is -0.281. The summed E-state index contributed by atoms with van der Waals surface area (Å²) in [6.45, 7) is 2.11. The average molecular weight is 219 g/mol. The molecule has 86 valence electrons. The van der Waals surface area contributed by atoms with Gasteiger partial charge in [-0.25, -0.2) is 0 Å². The van der Waals surface area contributed by atoms with Gasteiger partial charge < -0.3 is 0 Å². The first-order valence-electron chi connectivity index (χ1n) is 5.75. The van der Waals surface area contributed by atoms with Crippen LogP contribution in [0.2, 0.25) is 0 Å². The topological polar surface area (TPSA) is 38.3 Å². The van der Waals surface area contributed by atoms with Gasteiger partial charge in [0, 0.05) is 6.42 Å². The number of rotatable bonds is 3. The molecule has 1 saturated carbocycles. The number of hydrogen-bond acceptors (Lipinski definition) is 3. The minimum Gasteiger partial charge on any atom is -0.297 e. The van der Waals surface area contributed by atoms with Crippen LogP contribution in [0.3, 0.4) is 0 Å². The van der Waals surface area contributed by atoms with Crippen molar-refractivity contribution in [3.05, 3.63) is 30.3 Å². The van der Waals surface area contributed by atoms with Gasteiger partial charge in [0.25, 0.3) is 0 Å². The predicted molar refractivity (Wildman–Crippen MR) is 63.0 cm³/mol. The molecule has 1 aliphatic carbocycles. The van der Waals surface area contributed by atoms with Crippen molar-refractivity contribution in [3.63, 3.8) is 0 Å². The van der Waals surface area contributed by atoms with E-state index in [1.54, 1.807) is 0 Å². The fourth-order valence-corrected chi connectivity index (χ4v) is 1.94. The molecule has 0 amide bonds. The fourth-order valence-electron chi connectivity index (χ4n) is 1.94. The molecule has 3 heteroatoms. The van der Waals surface area contributed by atoms with E-state index >= 15 is 0 Å². The molecule has 1 N–H and O–H groups in total. The van der Waals surface area contributed by atoms with Gasteiger partial charge >= 0.3 is 0 Å². The normalized spacial score (nSPS) is 25.4. The lowest BCUT2D eigenvalue weighted by atomic mass is 9.88. The highest BCUT2D eigenvalue weighted by Gasteiger charge is 2.27. The zero-order valence-corrected chi connectivity index (χ0v) is 9.48. The zero-order chi connectivity index (χ0) is 11.4. The van der Waals surface area contributed by atoms with E-state index in [0.29, 0.717) is 12.3 Å². The third-order valence-electron chi connectivity index (χ3n) is 2.92. The van der Waals surface area contributed by atoms with Crippen LogP contribution in [-0.4, -0.2) is 11.9 Å². The van der Waals surface area contributed by atoms with E-state index in [-0.39, 0.29) is 11.9 Å². The van der Waals surface area contributed by atoms with E-state index in [0.717, 1.165) is 18.5 Å². The molecular weight excluding hydrogens is 202 g/mol. The summed E-state index contributed by atoms with van der Waals surface area (Å²) in [6.07, 6.45) is 2.24. The molecule has 0 unspecified atom stereocenters. The predicted octanol–water partition coefficient (Wildman–Crippen LogP) is 2.79. The molecule has 1 aromatic rings. The third-order valence-corrected chi connectivity index (χ3v) is 2.92. The Morgan fingerprint density at radius 1 is 1.25 bits per heavy atom. The second-order valence-electron chi connectivity index (χ2n) is 4.43. The van der Waals surface area contributed by atoms with Crippen molar-refractivity contribution >= 4 is 11.5 Å². The van der Waals surface area contributed by atoms with E-state index < -0.39 is 0 Å². The maximum Gasteiger partial charge on any atom is 0.164 e. The Labute approximate surface area is 95.8 Å². The SMILES string of the molecule is C[C@H]1CC[C@@H](ONc2ccccc2)C(=O)C1. The summed E-state index contributed by atoms with van der Waals surface area (Å²) in [6, 6.07) is 9.62. The Kier molecular flexibility index (Phi) is 3.57. The van der Waals surface area contributed by atoms with Gasteiger partial charge in [0.05, 0.1) is 5.69 Å². The van der Waals surface area contributed by atoms with Gasteiger partial charge in [-0.1, -0.05) is 25.1 Å². The molecule has 0 bridgehead atoms. The maximum absolute atomic E-state index is 11.7. The minimum absolute atomic E-state index is 0.210. The molecule has 1 aliphatic rings. The molecule has 0 heterocycles. The average Bonchev–Trinajstić information content (AvgIpc) is 2.29. The standard InChI is InChI=1S/C13H17NO2/c1-10-7-8-13(12(15)9-10)16-14-11-5-3-2-4-6-11/h2-6,10,13-14H,7-9H2,1H3/t10-,13+/m0/s1. The molecule has 0 saturated heterocycles. The quantitative estimate of drug-likeness (QED) is 0.794. The lowest BCUT2D eigenvalue weighted by molar-refractivity contribution is -0.132. The van der Waals surface area contributed by atoms with E-state index in [4.69, 9.17) is 4.84 Å². The van der Waals surface area contributed by atoms with Crippen LogP contribution in [0.4, 0.5) is 5.69 Å². The van der Waals surface area contributed by atoms with Gasteiger partial charge in [-0.3, -0.25) is 15.1 Å². The molecule has 2 rings (SSSR count). The van der Waals surface area contributed by atoms with E-state index in [9.17, 15) is 4.79 Å². The van der Waals surface area contributed by atoms with Crippen molar-refractivity contribution in [1.82, 2.24) is 0 Å². The van der Waals surface area contributed by atoms with Crippen LogP contribution in [0.15, 0.2) is 30.3 Å². The van der Waals surface area contributed by atoms with Gasteiger partial charge in [-0.2, -0.15) is 0 Å². The fraction of sp³-hybridized carbons (Fsp3) is 0.462. The molecular formula is C13H17NO2. The van der Waals surface area contributed by atoms with Crippen LogP contribution >= 0.6 is 0 Å². The van der Waals surface area contributed by atoms with Crippen LogP contribution < -0.4 is 5.48 Å². The summed E-state index contributed by atoms with van der Waals surface area (Å²) in [5, 5.41) is 0. The summed E-state index contributed by atoms with van der Waals surface area (Å²) in [5.41, 5.74) is 3.72. The molecule has 3 nitrogen and oxygen atoms in total. The zero-order valence-electron chi connectivity index (χ0n) is 9.48. The molecule has 0 aromatic heterocycles. The molecule has 2 atom stereocenters. The maximum atomic E-state index is 11.7. The summed E-state index contributed by atoms with van der Waals surface area (Å²) >= 11 is 0. The Morgan fingerprint density at radius 3 is 2.69 bits per heavy atom. The number of ketones is 1. The van der Waals surface area contributed by atoms with Crippen molar-refractivity contribution in [2.24, 2.45) is 5.92 Å². The van der Waals surface area contributed by atoms with Gasteiger partial charge in [0.15, 0.2) is 5.78 Å². The second kappa shape index (κ2) is 5.12. The van der Waals surface area contributed by atoms with Gasteiger partial charge in [0.2, 0.25) is 0 Å². The van der Waals surface area contributed by atoms with Crippen LogP contribution in [0, 0.1) is 5.92 Å². The van der Waals surface area contributed by atoms with Crippen molar-refractivity contribution in [2.45, 2.75) is 32.3 Å². The molecule has 0 aliphatic heterocycles. The second-order valence-corrected chi connectivity index (χ2v) is 4.43. The van der Waals surface area contributed by atoms with Crippen molar-refractivity contribution < 1.29 is 9.63 Å². The highest BCUT2D eigenvalue weighted by molar-refractivity contribution is 5.84. The molecule has 0 radical (unpaired) electrons. The number of benzene rings is 1. The summed E-state index contributed by atoms with van der Waals surface area (Å²) in [4.78, 5) is 17.1. The molecule has 0 spiro atoms. The molecule has 1 fully saturated rings. The van der Waals surface area contributed by atoms with Crippen LogP contribution in [0.1, 0.15) is 26.2 Å². The third kappa shape index (κ3) is 2.83. The summed E-state index contributed by atoms with van der Waals surface area (Å²) in [5.74, 6) is 0.714. The highest BCUT2D eigenvalue weighted by Crippen LogP contribution is 2.23. The first kappa shape index (κ1) is 11.1. The lowest BCUT2D eigenvalue weighted by Gasteiger charge is -2.24. The Bertz CT molecular complexity index is 350. The number of carbonyl (C=O) groups excluding carboxylic acids is 1. The summed E-state index contributed by atoms with van der Waals surface area (Å²) < 4.78 is 0. The first-order valence-corrected chi connectivity index (χ1v) is 5.75. The Hall–Kier alpha value is -1.35. The van der Waals surface area contributed by atoms with Gasteiger partial charge in [0.1, 0.15) is 6.10 Å². The monoisotopic (exact) mass is 219 g/mol. The Morgan fingerprint density at radius 2 is 2.00 bits per heavy atom. The molecule has 16 heavy (non-hydrogen) atoms. The van der Waals surface area contributed by atoms with Crippen molar-refractivity contribution in [2.75, 3.05) is 5.48 Å². The highest BCUT2D eigenvalue weighted by atomic mass is 16.7. The smallest absolute Gasteiger partial charge is 0.164 e. The first-order chi connectivity index (χ1) is 7.75. The Balaban J connectivity index is 1.84. The van der Waals surface area contributed by atoms with E-state index in [2.05, 4.69) is 12.4 Å². The molecule has 1 aromatic carbocycles. The number of nitrogens with one attached hydrogen (secondary N) is 1. The van der Waals surface area contributed by atoms with Gasteiger partial charge in [-0.15, -0.1) is 0 Å². The van der Waals surface area contributed by atoms with Crippen LogP contribution in [0.5, 0.6) is 0 Å². The van der Waals surface area contributed by atoms with Crippen LogP contribution in [-0.2, 0) is 9.63 Å².